The van der Waals surface area contributed by atoms with Crippen LogP contribution in [0.5, 0.6) is 0 Å². The molecular formula is C14H19BrFNO. The Hall–Kier alpha value is -0.450. The van der Waals surface area contributed by atoms with Crippen molar-refractivity contribution < 1.29 is 9.13 Å². The molecule has 2 nitrogen and oxygen atoms in total. The molecule has 0 amide bonds. The van der Waals surface area contributed by atoms with E-state index in [1.807, 2.05) is 7.05 Å². The number of likely N-dealkylation sites (N-methyl/N-ethyl adjacent to an activating group) is 1. The summed E-state index contributed by atoms with van der Waals surface area (Å²) in [5.74, 6) is 0.439. The topological polar surface area (TPSA) is 21.3 Å². The fourth-order valence-electron chi connectivity index (χ4n) is 2.56. The lowest BCUT2D eigenvalue weighted by Crippen LogP contribution is -2.38. The van der Waals surface area contributed by atoms with Gasteiger partial charge in [0, 0.05) is 23.7 Å². The molecule has 0 bridgehead atoms. The van der Waals surface area contributed by atoms with E-state index in [0.29, 0.717) is 12.0 Å². The lowest BCUT2D eigenvalue weighted by Gasteiger charge is -2.30. The van der Waals surface area contributed by atoms with Gasteiger partial charge in [0.25, 0.3) is 0 Å². The summed E-state index contributed by atoms with van der Waals surface area (Å²) in [6.45, 7) is 1.68. The van der Waals surface area contributed by atoms with E-state index in [1.165, 1.54) is 6.07 Å². The highest BCUT2D eigenvalue weighted by Crippen LogP contribution is 2.25. The van der Waals surface area contributed by atoms with E-state index in [2.05, 4.69) is 21.2 Å². The highest BCUT2D eigenvalue weighted by atomic mass is 79.9. The standard InChI is InChI=1S/C14H19BrFNO/c1-17-14(10-4-6-18-7-5-10)9-11-8-12(16)2-3-13(11)15/h2-3,8,10,14,17H,4-7,9H2,1H3. The molecule has 1 aliphatic rings. The van der Waals surface area contributed by atoms with Gasteiger partial charge in [0.2, 0.25) is 0 Å². The number of rotatable bonds is 4. The molecule has 2 rings (SSSR count). The second kappa shape index (κ2) is 6.64. The normalized spacial score (nSPS) is 18.8. The molecule has 0 aromatic heterocycles. The molecule has 1 unspecified atom stereocenters. The molecule has 0 aliphatic carbocycles. The number of hydrogen-bond acceptors (Lipinski definition) is 2. The zero-order valence-electron chi connectivity index (χ0n) is 10.6. The van der Waals surface area contributed by atoms with Gasteiger partial charge in [-0.15, -0.1) is 0 Å². The highest BCUT2D eigenvalue weighted by molar-refractivity contribution is 9.10. The number of ether oxygens (including phenoxy) is 1. The molecule has 4 heteroatoms. The molecule has 100 valence electrons. The average Bonchev–Trinajstić information content (AvgIpc) is 2.41. The van der Waals surface area contributed by atoms with Gasteiger partial charge in [0.05, 0.1) is 0 Å². The fourth-order valence-corrected chi connectivity index (χ4v) is 2.97. The van der Waals surface area contributed by atoms with Crippen LogP contribution in [-0.4, -0.2) is 26.3 Å². The highest BCUT2D eigenvalue weighted by Gasteiger charge is 2.23. The largest absolute Gasteiger partial charge is 0.381 e. The van der Waals surface area contributed by atoms with Crippen LogP contribution in [0.15, 0.2) is 22.7 Å². The molecule has 1 saturated heterocycles. The van der Waals surface area contributed by atoms with E-state index in [-0.39, 0.29) is 5.82 Å². The molecule has 1 heterocycles. The quantitative estimate of drug-likeness (QED) is 0.921. The summed E-state index contributed by atoms with van der Waals surface area (Å²) in [4.78, 5) is 0. The third kappa shape index (κ3) is 3.53. The number of halogens is 2. The molecule has 1 aromatic carbocycles. The smallest absolute Gasteiger partial charge is 0.123 e. The van der Waals surface area contributed by atoms with E-state index in [0.717, 1.165) is 42.5 Å². The second-order valence-corrected chi connectivity index (χ2v) is 5.64. The monoisotopic (exact) mass is 315 g/mol. The van der Waals surface area contributed by atoms with Crippen LogP contribution in [-0.2, 0) is 11.2 Å². The predicted octanol–water partition coefficient (Wildman–Crippen LogP) is 3.15. The summed E-state index contributed by atoms with van der Waals surface area (Å²) >= 11 is 3.49. The van der Waals surface area contributed by atoms with E-state index in [1.54, 1.807) is 12.1 Å². The number of nitrogens with one attached hydrogen (secondary N) is 1. The van der Waals surface area contributed by atoms with Crippen molar-refractivity contribution in [3.8, 4) is 0 Å². The van der Waals surface area contributed by atoms with Gasteiger partial charge in [-0.1, -0.05) is 15.9 Å². The first-order chi connectivity index (χ1) is 8.70. The summed E-state index contributed by atoms with van der Waals surface area (Å²) in [7, 11) is 1.98. The Morgan fingerprint density at radius 2 is 2.17 bits per heavy atom. The third-order valence-electron chi connectivity index (χ3n) is 3.65. The summed E-state index contributed by atoms with van der Waals surface area (Å²) < 4.78 is 19.7. The van der Waals surface area contributed by atoms with Crippen LogP contribution in [0.25, 0.3) is 0 Å². The molecule has 1 fully saturated rings. The van der Waals surface area contributed by atoms with Gasteiger partial charge >= 0.3 is 0 Å². The first kappa shape index (κ1) is 14.0. The molecule has 0 saturated carbocycles. The van der Waals surface area contributed by atoms with Gasteiger partial charge in [-0.05, 0) is 56.0 Å². The SMILES string of the molecule is CNC(Cc1cc(F)ccc1Br)C1CCOCC1. The Morgan fingerprint density at radius 3 is 2.83 bits per heavy atom. The molecular weight excluding hydrogens is 297 g/mol. The fraction of sp³-hybridized carbons (Fsp3) is 0.571. The molecule has 1 atom stereocenters. The minimum atomic E-state index is -0.171. The maximum atomic E-state index is 13.3. The first-order valence-corrected chi connectivity index (χ1v) is 7.19. The van der Waals surface area contributed by atoms with Gasteiger partial charge in [-0.2, -0.15) is 0 Å². The number of benzene rings is 1. The van der Waals surface area contributed by atoms with Gasteiger partial charge in [-0.25, -0.2) is 4.39 Å². The molecule has 0 radical (unpaired) electrons. The molecule has 0 spiro atoms. The van der Waals surface area contributed by atoms with Crippen LogP contribution >= 0.6 is 15.9 Å². The average molecular weight is 316 g/mol. The zero-order chi connectivity index (χ0) is 13.0. The van der Waals surface area contributed by atoms with Crippen molar-refractivity contribution in [1.82, 2.24) is 5.32 Å². The second-order valence-electron chi connectivity index (χ2n) is 4.78. The minimum absolute atomic E-state index is 0.171. The van der Waals surface area contributed by atoms with Crippen molar-refractivity contribution in [2.24, 2.45) is 5.92 Å². The van der Waals surface area contributed by atoms with Crippen molar-refractivity contribution >= 4 is 15.9 Å². The molecule has 1 aromatic rings. The lowest BCUT2D eigenvalue weighted by molar-refractivity contribution is 0.0547. The van der Waals surface area contributed by atoms with E-state index < -0.39 is 0 Å². The van der Waals surface area contributed by atoms with E-state index in [4.69, 9.17) is 4.74 Å². The van der Waals surface area contributed by atoms with Gasteiger partial charge < -0.3 is 10.1 Å². The maximum absolute atomic E-state index is 13.3. The maximum Gasteiger partial charge on any atom is 0.123 e. The Bertz CT molecular complexity index is 393. The Balaban J connectivity index is 2.06. The first-order valence-electron chi connectivity index (χ1n) is 6.39. The van der Waals surface area contributed by atoms with Crippen molar-refractivity contribution in [2.45, 2.75) is 25.3 Å². The summed E-state index contributed by atoms with van der Waals surface area (Å²) in [6, 6.07) is 5.26. The zero-order valence-corrected chi connectivity index (χ0v) is 12.2. The van der Waals surface area contributed by atoms with Crippen LogP contribution in [0.1, 0.15) is 18.4 Å². The van der Waals surface area contributed by atoms with Crippen molar-refractivity contribution in [1.29, 1.82) is 0 Å². The van der Waals surface area contributed by atoms with Crippen LogP contribution in [0.2, 0.25) is 0 Å². The Labute approximate surface area is 116 Å². The Kier molecular flexibility index (Phi) is 5.15. The van der Waals surface area contributed by atoms with Gasteiger partial charge in [-0.3, -0.25) is 0 Å². The van der Waals surface area contributed by atoms with Crippen LogP contribution in [0.4, 0.5) is 4.39 Å². The van der Waals surface area contributed by atoms with Crippen LogP contribution in [0.3, 0.4) is 0 Å². The van der Waals surface area contributed by atoms with Crippen molar-refractivity contribution in [2.75, 3.05) is 20.3 Å². The third-order valence-corrected chi connectivity index (χ3v) is 4.43. The van der Waals surface area contributed by atoms with Gasteiger partial charge in [0.15, 0.2) is 0 Å². The Morgan fingerprint density at radius 1 is 1.44 bits per heavy atom. The van der Waals surface area contributed by atoms with E-state index in [9.17, 15) is 4.39 Å². The summed E-state index contributed by atoms with van der Waals surface area (Å²) in [5.41, 5.74) is 1.03. The van der Waals surface area contributed by atoms with Crippen LogP contribution < -0.4 is 5.32 Å². The van der Waals surface area contributed by atoms with Gasteiger partial charge in [0.1, 0.15) is 5.82 Å². The van der Waals surface area contributed by atoms with E-state index >= 15 is 0 Å². The van der Waals surface area contributed by atoms with Crippen molar-refractivity contribution in [3.63, 3.8) is 0 Å². The van der Waals surface area contributed by atoms with Crippen LogP contribution in [0, 0.1) is 11.7 Å². The minimum Gasteiger partial charge on any atom is -0.381 e. The molecule has 1 N–H and O–H groups in total. The summed E-state index contributed by atoms with van der Waals surface area (Å²) in [6.07, 6.45) is 3.01. The number of hydrogen-bond donors (Lipinski definition) is 1. The lowest BCUT2D eigenvalue weighted by atomic mass is 9.88. The molecule has 18 heavy (non-hydrogen) atoms. The summed E-state index contributed by atoms with van der Waals surface area (Å²) in [5, 5.41) is 3.37. The predicted molar refractivity (Wildman–Crippen MR) is 74.2 cm³/mol. The van der Waals surface area contributed by atoms with Crippen molar-refractivity contribution in [3.05, 3.63) is 34.1 Å². The molecule has 1 aliphatic heterocycles.